The zero-order chi connectivity index (χ0) is 7.14. The lowest BCUT2D eigenvalue weighted by Crippen LogP contribution is -2.44. The van der Waals surface area contributed by atoms with Crippen LogP contribution in [0.3, 0.4) is 0 Å². The number of carbonyl (C=O) groups excluding carboxylic acids is 1. The highest BCUT2D eigenvalue weighted by atomic mass is 16.3. The molecule has 10 heavy (non-hydrogen) atoms. The first kappa shape index (κ1) is 6.35. The fourth-order valence-electron chi connectivity index (χ4n) is 2.19. The third-order valence-electron chi connectivity index (χ3n) is 2.91. The lowest BCUT2D eigenvalue weighted by atomic mass is 9.68. The average molecular weight is 140 g/mol. The van der Waals surface area contributed by atoms with Crippen molar-refractivity contribution in [3.8, 4) is 0 Å². The molecule has 0 amide bonds. The number of aliphatic hydroxyl groups is 1. The Balaban J connectivity index is 2.20. The second-order valence-electron chi connectivity index (χ2n) is 3.46. The SMILES string of the molecule is O=C1C2CCC(CC2)C1O. The van der Waals surface area contributed by atoms with E-state index in [2.05, 4.69) is 0 Å². The molecule has 3 saturated carbocycles. The lowest BCUT2D eigenvalue weighted by Gasteiger charge is -2.38. The molecule has 0 aromatic rings. The van der Waals surface area contributed by atoms with Crippen LogP contribution < -0.4 is 0 Å². The molecule has 1 atom stereocenters. The zero-order valence-corrected chi connectivity index (χ0v) is 5.92. The van der Waals surface area contributed by atoms with E-state index in [1.165, 1.54) is 0 Å². The van der Waals surface area contributed by atoms with E-state index >= 15 is 0 Å². The van der Waals surface area contributed by atoms with E-state index in [9.17, 15) is 9.90 Å². The molecular formula is C8H12O2. The number of ketones is 1. The molecule has 0 saturated heterocycles. The Kier molecular flexibility index (Phi) is 1.31. The Hall–Kier alpha value is -0.370. The maximum absolute atomic E-state index is 11.1. The molecule has 2 heteroatoms. The summed E-state index contributed by atoms with van der Waals surface area (Å²) in [6.07, 6.45) is 3.59. The second kappa shape index (κ2) is 2.06. The Morgan fingerprint density at radius 1 is 1.20 bits per heavy atom. The summed E-state index contributed by atoms with van der Waals surface area (Å²) in [6.45, 7) is 0. The minimum Gasteiger partial charge on any atom is -0.385 e. The van der Waals surface area contributed by atoms with Crippen LogP contribution in [0.4, 0.5) is 0 Å². The van der Waals surface area contributed by atoms with Gasteiger partial charge in [-0.15, -0.1) is 0 Å². The van der Waals surface area contributed by atoms with Crippen molar-refractivity contribution in [1.82, 2.24) is 0 Å². The van der Waals surface area contributed by atoms with Gasteiger partial charge in [-0.1, -0.05) is 0 Å². The van der Waals surface area contributed by atoms with E-state index in [1.54, 1.807) is 0 Å². The van der Waals surface area contributed by atoms with Gasteiger partial charge in [0.25, 0.3) is 0 Å². The molecule has 0 radical (unpaired) electrons. The molecule has 1 unspecified atom stereocenters. The molecule has 56 valence electrons. The highest BCUT2D eigenvalue weighted by Gasteiger charge is 2.41. The fourth-order valence-corrected chi connectivity index (χ4v) is 2.19. The van der Waals surface area contributed by atoms with Gasteiger partial charge in [-0.3, -0.25) is 4.79 Å². The van der Waals surface area contributed by atoms with E-state index in [1.807, 2.05) is 0 Å². The van der Waals surface area contributed by atoms with Crippen LogP contribution in [-0.4, -0.2) is 17.0 Å². The molecule has 0 spiro atoms. The van der Waals surface area contributed by atoms with Crippen LogP contribution in [0.25, 0.3) is 0 Å². The molecule has 2 nitrogen and oxygen atoms in total. The summed E-state index contributed by atoms with van der Waals surface area (Å²) in [5.41, 5.74) is 0. The van der Waals surface area contributed by atoms with Gasteiger partial charge in [-0.05, 0) is 31.6 Å². The van der Waals surface area contributed by atoms with Gasteiger partial charge in [0.1, 0.15) is 6.10 Å². The normalized spacial score (nSPS) is 46.1. The quantitative estimate of drug-likeness (QED) is 0.538. The van der Waals surface area contributed by atoms with Crippen LogP contribution in [0.15, 0.2) is 0 Å². The summed E-state index contributed by atoms with van der Waals surface area (Å²) in [5, 5.41) is 9.32. The summed E-state index contributed by atoms with van der Waals surface area (Å²) in [4.78, 5) is 11.1. The van der Waals surface area contributed by atoms with Gasteiger partial charge in [-0.25, -0.2) is 0 Å². The largest absolute Gasteiger partial charge is 0.385 e. The molecular weight excluding hydrogens is 128 g/mol. The average Bonchev–Trinajstić information content (AvgIpc) is 2.00. The number of rotatable bonds is 0. The first-order chi connectivity index (χ1) is 4.79. The third-order valence-corrected chi connectivity index (χ3v) is 2.91. The Morgan fingerprint density at radius 3 is 2.10 bits per heavy atom. The molecule has 1 N–H and O–H groups in total. The summed E-state index contributed by atoms with van der Waals surface area (Å²) in [7, 11) is 0. The number of aliphatic hydroxyl groups excluding tert-OH is 1. The van der Waals surface area contributed by atoms with Gasteiger partial charge in [0.2, 0.25) is 0 Å². The van der Waals surface area contributed by atoms with E-state index in [-0.39, 0.29) is 11.7 Å². The predicted molar refractivity (Wildman–Crippen MR) is 36.5 cm³/mol. The molecule has 0 aromatic heterocycles. The fraction of sp³-hybridized carbons (Fsp3) is 0.875. The van der Waals surface area contributed by atoms with Crippen molar-refractivity contribution in [1.29, 1.82) is 0 Å². The van der Waals surface area contributed by atoms with E-state index in [0.29, 0.717) is 5.92 Å². The molecule has 0 aliphatic heterocycles. The Labute approximate surface area is 60.2 Å². The van der Waals surface area contributed by atoms with Crippen molar-refractivity contribution >= 4 is 5.78 Å². The Bertz CT molecular complexity index is 153. The van der Waals surface area contributed by atoms with Gasteiger partial charge in [0.15, 0.2) is 5.78 Å². The maximum Gasteiger partial charge on any atom is 0.164 e. The molecule has 3 aliphatic rings. The van der Waals surface area contributed by atoms with Gasteiger partial charge >= 0.3 is 0 Å². The lowest BCUT2D eigenvalue weighted by molar-refractivity contribution is -0.142. The number of hydrogen-bond donors (Lipinski definition) is 1. The standard InChI is InChI=1S/C8H12O2/c9-7-5-1-2-6(4-3-5)8(7)10/h5-7,9H,1-4H2. The molecule has 3 fully saturated rings. The molecule has 2 bridgehead atoms. The van der Waals surface area contributed by atoms with Gasteiger partial charge in [-0.2, -0.15) is 0 Å². The first-order valence-corrected chi connectivity index (χ1v) is 4.01. The van der Waals surface area contributed by atoms with Crippen molar-refractivity contribution in [3.05, 3.63) is 0 Å². The molecule has 3 rings (SSSR count). The van der Waals surface area contributed by atoms with E-state index < -0.39 is 6.10 Å². The molecule has 3 aliphatic carbocycles. The van der Waals surface area contributed by atoms with Crippen LogP contribution in [0.1, 0.15) is 25.7 Å². The maximum atomic E-state index is 11.1. The summed E-state index contributed by atoms with van der Waals surface area (Å²) in [6, 6.07) is 0. The topological polar surface area (TPSA) is 37.3 Å². The van der Waals surface area contributed by atoms with Gasteiger partial charge < -0.3 is 5.11 Å². The molecule has 0 aromatic carbocycles. The van der Waals surface area contributed by atoms with Gasteiger partial charge in [0.05, 0.1) is 0 Å². The second-order valence-corrected chi connectivity index (χ2v) is 3.46. The molecule has 0 heterocycles. The van der Waals surface area contributed by atoms with Crippen molar-refractivity contribution in [2.45, 2.75) is 31.8 Å². The van der Waals surface area contributed by atoms with Gasteiger partial charge in [0, 0.05) is 5.92 Å². The number of Topliss-reactive ketones (excluding diaryl/α,β-unsaturated/α-hetero) is 1. The number of fused-ring (bicyclic) bond motifs is 3. The van der Waals surface area contributed by atoms with Crippen LogP contribution >= 0.6 is 0 Å². The van der Waals surface area contributed by atoms with E-state index in [4.69, 9.17) is 0 Å². The van der Waals surface area contributed by atoms with Crippen LogP contribution in [-0.2, 0) is 4.79 Å². The highest BCUT2D eigenvalue weighted by Crippen LogP contribution is 2.38. The smallest absolute Gasteiger partial charge is 0.164 e. The summed E-state index contributed by atoms with van der Waals surface area (Å²) < 4.78 is 0. The van der Waals surface area contributed by atoms with Crippen molar-refractivity contribution in [3.63, 3.8) is 0 Å². The van der Waals surface area contributed by atoms with Crippen molar-refractivity contribution in [2.24, 2.45) is 11.8 Å². The van der Waals surface area contributed by atoms with Crippen LogP contribution in [0, 0.1) is 11.8 Å². The predicted octanol–water partition coefficient (Wildman–Crippen LogP) is 0.736. The zero-order valence-electron chi connectivity index (χ0n) is 5.92. The monoisotopic (exact) mass is 140 g/mol. The Morgan fingerprint density at radius 2 is 1.80 bits per heavy atom. The summed E-state index contributed by atoms with van der Waals surface area (Å²) in [5.74, 6) is 0.625. The number of carbonyl (C=O) groups is 1. The van der Waals surface area contributed by atoms with E-state index in [0.717, 1.165) is 25.7 Å². The van der Waals surface area contributed by atoms with Crippen molar-refractivity contribution < 1.29 is 9.90 Å². The summed E-state index contributed by atoms with van der Waals surface area (Å²) >= 11 is 0. The minimum absolute atomic E-state index is 0.113. The van der Waals surface area contributed by atoms with Crippen molar-refractivity contribution in [2.75, 3.05) is 0 Å². The minimum atomic E-state index is -0.604. The van der Waals surface area contributed by atoms with Crippen LogP contribution in [0.5, 0.6) is 0 Å². The first-order valence-electron chi connectivity index (χ1n) is 4.01. The number of hydrogen-bond acceptors (Lipinski definition) is 2. The third kappa shape index (κ3) is 0.717. The highest BCUT2D eigenvalue weighted by molar-refractivity contribution is 5.87. The van der Waals surface area contributed by atoms with Crippen LogP contribution in [0.2, 0.25) is 0 Å².